The van der Waals surface area contributed by atoms with Crippen molar-refractivity contribution in [3.63, 3.8) is 0 Å². The number of amidine groups is 1. The van der Waals surface area contributed by atoms with Gasteiger partial charge in [0.25, 0.3) is 0 Å². The molecule has 2 unspecified atom stereocenters. The van der Waals surface area contributed by atoms with Crippen molar-refractivity contribution in [3.8, 4) is 10.4 Å². The van der Waals surface area contributed by atoms with Gasteiger partial charge in [-0.1, -0.05) is 130 Å². The second-order valence-electron chi connectivity index (χ2n) is 14.8. The number of rotatable bonds is 13. The molecule has 0 saturated carbocycles. The summed E-state index contributed by atoms with van der Waals surface area (Å²) in [5.74, 6) is -1.06. The summed E-state index contributed by atoms with van der Waals surface area (Å²) in [6.45, 7) is 17.7. The van der Waals surface area contributed by atoms with E-state index in [2.05, 4.69) is 173 Å². The van der Waals surface area contributed by atoms with Gasteiger partial charge in [-0.25, -0.2) is 4.99 Å². The molecule has 4 N–H and O–H groups in total. The van der Waals surface area contributed by atoms with Crippen molar-refractivity contribution in [2.45, 2.75) is 65.1 Å². The van der Waals surface area contributed by atoms with Gasteiger partial charge >= 0.3 is 5.97 Å². The van der Waals surface area contributed by atoms with E-state index in [4.69, 9.17) is 5.11 Å². The third kappa shape index (κ3) is 9.22. The number of carbonyl (C=O) groups is 1. The Morgan fingerprint density at radius 3 is 2.31 bits per heavy atom. The number of carboxylic acid groups (broad SMARTS) is 1. The first-order valence-corrected chi connectivity index (χ1v) is 20.3. The van der Waals surface area contributed by atoms with Crippen molar-refractivity contribution in [2.24, 2.45) is 4.99 Å². The standard InChI is InChI=1S/C47H49N3O3S2/c1-8-46(5,6)40-24-18-35(26-31(40)4)39(33-12-10-9-11-13-33)27-32-14-19-36(20-15-32)47(7,30(2)3)50-37-21-16-34(17-22-37)42-25-23-38(55-42)28-41-44(53)49-45(48-41)54-29-43(51)52/h9-28,44,50,53H,2,8,29H2,1,3-7H3,(H,48,49)(H,51,52)/b39-27+,41-28-. The molecule has 1 aromatic heterocycles. The predicted molar refractivity (Wildman–Crippen MR) is 235 cm³/mol. The number of thiophene rings is 1. The Morgan fingerprint density at radius 2 is 1.67 bits per heavy atom. The molecule has 1 aliphatic heterocycles. The second-order valence-corrected chi connectivity index (χ2v) is 16.9. The average Bonchev–Trinajstić information content (AvgIpc) is 3.79. The van der Waals surface area contributed by atoms with Gasteiger partial charge in [0.15, 0.2) is 11.4 Å². The van der Waals surface area contributed by atoms with Crippen LogP contribution in [-0.2, 0) is 15.7 Å². The summed E-state index contributed by atoms with van der Waals surface area (Å²) in [7, 11) is 0. The van der Waals surface area contributed by atoms with E-state index in [0.29, 0.717) is 10.9 Å². The molecule has 1 aliphatic rings. The Balaban J connectivity index is 1.19. The monoisotopic (exact) mass is 767 g/mol. The second kappa shape index (κ2) is 16.7. The van der Waals surface area contributed by atoms with Crippen LogP contribution in [0.4, 0.5) is 5.69 Å². The number of carboxylic acids is 1. The molecule has 0 spiro atoms. The van der Waals surface area contributed by atoms with E-state index in [1.807, 2.05) is 12.1 Å². The van der Waals surface area contributed by atoms with Gasteiger partial charge in [0.1, 0.15) is 0 Å². The van der Waals surface area contributed by atoms with Crippen molar-refractivity contribution < 1.29 is 15.0 Å². The van der Waals surface area contributed by atoms with Gasteiger partial charge in [-0.2, -0.15) is 0 Å². The minimum absolute atomic E-state index is 0.126. The number of aliphatic hydroxyl groups excluding tert-OH is 1. The van der Waals surface area contributed by atoms with Gasteiger partial charge < -0.3 is 20.8 Å². The first-order valence-electron chi connectivity index (χ1n) is 18.5. The van der Waals surface area contributed by atoms with Crippen molar-refractivity contribution in [1.82, 2.24) is 5.32 Å². The number of aliphatic imine (C=N–C) groups is 1. The van der Waals surface area contributed by atoms with Crippen molar-refractivity contribution in [2.75, 3.05) is 11.1 Å². The lowest BCUT2D eigenvalue weighted by atomic mass is 9.79. The van der Waals surface area contributed by atoms with E-state index in [-0.39, 0.29) is 11.2 Å². The quantitative estimate of drug-likeness (QED) is 0.0704. The lowest BCUT2D eigenvalue weighted by Crippen LogP contribution is -2.32. The summed E-state index contributed by atoms with van der Waals surface area (Å²) in [6, 6.07) is 38.7. The van der Waals surface area contributed by atoms with Crippen LogP contribution in [0, 0.1) is 6.92 Å². The van der Waals surface area contributed by atoms with E-state index in [1.165, 1.54) is 27.8 Å². The average molecular weight is 768 g/mol. The fourth-order valence-corrected chi connectivity index (χ4v) is 8.29. The molecule has 0 amide bonds. The minimum atomic E-state index is -1.04. The summed E-state index contributed by atoms with van der Waals surface area (Å²) >= 11 is 2.65. The van der Waals surface area contributed by atoms with Crippen LogP contribution in [0.15, 0.2) is 132 Å². The molecule has 5 aromatic rings. The zero-order valence-corrected chi connectivity index (χ0v) is 33.9. The van der Waals surface area contributed by atoms with E-state index < -0.39 is 17.7 Å². The Labute approximate surface area is 333 Å². The SMILES string of the molecule is C=C(C)C(C)(Nc1ccc(-c2ccc(/C=C3\NC(SCC(=O)O)=NC3O)s2)cc1)c1ccc(/C=C(\c2ccccc2)c2ccc(C(C)(C)CC)c(C)c2)cc1. The summed E-state index contributed by atoms with van der Waals surface area (Å²) in [5, 5.41) is 26.5. The molecule has 55 heavy (non-hydrogen) atoms. The van der Waals surface area contributed by atoms with Crippen molar-refractivity contribution >= 4 is 57.6 Å². The highest BCUT2D eigenvalue weighted by Gasteiger charge is 2.28. The smallest absolute Gasteiger partial charge is 0.313 e. The molecule has 0 aliphatic carbocycles. The fourth-order valence-electron chi connectivity index (χ4n) is 6.70. The number of anilines is 1. The van der Waals surface area contributed by atoms with E-state index in [9.17, 15) is 9.90 Å². The van der Waals surface area contributed by atoms with Gasteiger partial charge in [0.05, 0.1) is 17.0 Å². The van der Waals surface area contributed by atoms with Crippen LogP contribution in [0.3, 0.4) is 0 Å². The number of aliphatic hydroxyl groups is 1. The topological polar surface area (TPSA) is 94.0 Å². The molecule has 0 saturated heterocycles. The summed E-state index contributed by atoms with van der Waals surface area (Å²) in [5.41, 5.74) is 11.7. The van der Waals surface area contributed by atoms with Gasteiger partial charge in [-0.15, -0.1) is 11.3 Å². The first-order chi connectivity index (χ1) is 26.3. The molecular weight excluding hydrogens is 719 g/mol. The van der Waals surface area contributed by atoms with Crippen molar-refractivity contribution in [3.05, 3.63) is 165 Å². The molecule has 0 bridgehead atoms. The number of aryl methyl sites for hydroxylation is 1. The number of aliphatic carboxylic acids is 1. The van der Waals surface area contributed by atoms with Crippen LogP contribution in [0.25, 0.3) is 28.2 Å². The molecule has 6 nitrogen and oxygen atoms in total. The normalized spacial score (nSPS) is 16.3. The highest BCUT2D eigenvalue weighted by Crippen LogP contribution is 2.37. The van der Waals surface area contributed by atoms with Gasteiger partial charge in [-0.05, 0) is 114 Å². The Hall–Kier alpha value is -5.15. The van der Waals surface area contributed by atoms with Crippen LogP contribution in [0.1, 0.15) is 79.3 Å². The Kier molecular flexibility index (Phi) is 12.0. The van der Waals surface area contributed by atoms with Crippen LogP contribution in [0.2, 0.25) is 0 Å². The maximum absolute atomic E-state index is 10.9. The van der Waals surface area contributed by atoms with Crippen molar-refractivity contribution in [1.29, 1.82) is 0 Å². The lowest BCUT2D eigenvalue weighted by Gasteiger charge is -2.33. The molecule has 6 rings (SSSR count). The number of hydrogen-bond acceptors (Lipinski definition) is 7. The summed E-state index contributed by atoms with van der Waals surface area (Å²) in [4.78, 5) is 17.0. The van der Waals surface area contributed by atoms with Crippen LogP contribution in [-0.4, -0.2) is 33.3 Å². The number of nitrogens with one attached hydrogen (secondary N) is 2. The zero-order valence-electron chi connectivity index (χ0n) is 32.3. The first kappa shape index (κ1) is 39.5. The molecular formula is C47H49N3O3S2. The predicted octanol–water partition coefficient (Wildman–Crippen LogP) is 11.3. The fraction of sp³-hybridized carbons (Fsp3) is 0.234. The minimum Gasteiger partial charge on any atom is -0.481 e. The lowest BCUT2D eigenvalue weighted by molar-refractivity contribution is -0.133. The maximum Gasteiger partial charge on any atom is 0.313 e. The highest BCUT2D eigenvalue weighted by molar-refractivity contribution is 8.14. The third-order valence-corrected chi connectivity index (χ3v) is 12.4. The van der Waals surface area contributed by atoms with Gasteiger partial charge in [0.2, 0.25) is 0 Å². The van der Waals surface area contributed by atoms with Crippen LogP contribution < -0.4 is 10.6 Å². The molecule has 0 radical (unpaired) electrons. The Bertz CT molecular complexity index is 2270. The zero-order chi connectivity index (χ0) is 39.3. The molecule has 4 aromatic carbocycles. The van der Waals surface area contributed by atoms with Crippen LogP contribution >= 0.6 is 23.1 Å². The molecule has 2 atom stereocenters. The van der Waals surface area contributed by atoms with Gasteiger partial charge in [-0.3, -0.25) is 4.79 Å². The largest absolute Gasteiger partial charge is 0.481 e. The molecule has 2 heterocycles. The third-order valence-electron chi connectivity index (χ3n) is 10.5. The number of benzene rings is 4. The molecule has 0 fully saturated rings. The number of thioether (sulfide) groups is 1. The van der Waals surface area contributed by atoms with Crippen LogP contribution in [0.5, 0.6) is 0 Å². The maximum atomic E-state index is 10.9. The molecule has 282 valence electrons. The van der Waals surface area contributed by atoms with Gasteiger partial charge in [0, 0.05) is 15.4 Å². The number of nitrogens with zero attached hydrogens (tertiary/aromatic N) is 1. The van der Waals surface area contributed by atoms with E-state index in [1.54, 1.807) is 11.3 Å². The molecule has 8 heteroatoms. The van der Waals surface area contributed by atoms with E-state index >= 15 is 0 Å². The number of hydrogen-bond donors (Lipinski definition) is 4. The van der Waals surface area contributed by atoms with E-state index in [0.717, 1.165) is 55.9 Å². The summed E-state index contributed by atoms with van der Waals surface area (Å²) in [6.07, 6.45) is 4.18. The Morgan fingerprint density at radius 1 is 0.964 bits per heavy atom. The highest BCUT2D eigenvalue weighted by atomic mass is 32.2. The summed E-state index contributed by atoms with van der Waals surface area (Å²) < 4.78 is 0.